The minimum Gasteiger partial charge on any atom is -0.314 e. The van der Waals surface area contributed by atoms with E-state index in [0.717, 1.165) is 37.2 Å². The lowest BCUT2D eigenvalue weighted by Crippen LogP contribution is -2.40. The average Bonchev–Trinajstić information content (AvgIpc) is 2.84. The second-order valence-electron chi connectivity index (χ2n) is 6.40. The lowest BCUT2D eigenvalue weighted by molar-refractivity contribution is 0.204. The first kappa shape index (κ1) is 13.1. The van der Waals surface area contributed by atoms with E-state index < -0.39 is 0 Å². The summed E-state index contributed by atoms with van der Waals surface area (Å²) in [6.45, 7) is 6.77. The first-order chi connectivity index (χ1) is 9.25. The van der Waals surface area contributed by atoms with Gasteiger partial charge in [-0.1, -0.05) is 26.7 Å². The van der Waals surface area contributed by atoms with Gasteiger partial charge in [-0.15, -0.1) is 10.2 Å². The monoisotopic (exact) mass is 262 g/mol. The fourth-order valence-electron chi connectivity index (χ4n) is 3.59. The van der Waals surface area contributed by atoms with E-state index in [1.54, 1.807) is 0 Å². The Morgan fingerprint density at radius 1 is 1.16 bits per heavy atom. The molecule has 2 heterocycles. The van der Waals surface area contributed by atoms with Crippen molar-refractivity contribution >= 4 is 0 Å². The summed E-state index contributed by atoms with van der Waals surface area (Å²) in [4.78, 5) is 0. The van der Waals surface area contributed by atoms with Crippen LogP contribution in [-0.2, 0) is 19.5 Å². The molecule has 1 aliphatic heterocycles. The molecule has 1 fully saturated rings. The van der Waals surface area contributed by atoms with Crippen molar-refractivity contribution in [2.45, 2.75) is 71.5 Å². The van der Waals surface area contributed by atoms with E-state index in [-0.39, 0.29) is 0 Å². The van der Waals surface area contributed by atoms with Gasteiger partial charge in [0.25, 0.3) is 0 Å². The van der Waals surface area contributed by atoms with E-state index in [0.29, 0.717) is 6.04 Å². The summed E-state index contributed by atoms with van der Waals surface area (Å²) in [5.41, 5.74) is 0. The van der Waals surface area contributed by atoms with E-state index >= 15 is 0 Å². The second-order valence-corrected chi connectivity index (χ2v) is 6.40. The average molecular weight is 262 g/mol. The van der Waals surface area contributed by atoms with Crippen LogP contribution in [0.25, 0.3) is 0 Å². The number of aryl methyl sites for hydroxylation is 1. The van der Waals surface area contributed by atoms with Gasteiger partial charge in [-0.25, -0.2) is 0 Å². The lowest BCUT2D eigenvalue weighted by atomic mass is 9.78. The van der Waals surface area contributed by atoms with Crippen LogP contribution in [0, 0.1) is 11.8 Å². The van der Waals surface area contributed by atoms with Gasteiger partial charge in [0, 0.05) is 19.0 Å². The second kappa shape index (κ2) is 5.61. The van der Waals surface area contributed by atoms with Crippen molar-refractivity contribution < 1.29 is 0 Å². The summed E-state index contributed by atoms with van der Waals surface area (Å²) >= 11 is 0. The third kappa shape index (κ3) is 2.69. The van der Waals surface area contributed by atoms with E-state index in [4.69, 9.17) is 0 Å². The van der Waals surface area contributed by atoms with Gasteiger partial charge in [0.1, 0.15) is 11.6 Å². The Morgan fingerprint density at radius 3 is 2.95 bits per heavy atom. The molecule has 3 unspecified atom stereocenters. The molecule has 1 N–H and O–H groups in total. The highest BCUT2D eigenvalue weighted by Gasteiger charge is 2.27. The Hall–Kier alpha value is -0.900. The number of hydrogen-bond acceptors (Lipinski definition) is 3. The molecular formula is C15H26N4. The summed E-state index contributed by atoms with van der Waals surface area (Å²) < 4.78 is 2.33. The van der Waals surface area contributed by atoms with Gasteiger partial charge in [0.2, 0.25) is 0 Å². The van der Waals surface area contributed by atoms with Crippen molar-refractivity contribution in [2.24, 2.45) is 11.8 Å². The van der Waals surface area contributed by atoms with Crippen LogP contribution >= 0.6 is 0 Å². The number of rotatable bonds is 3. The fraction of sp³-hybridized carbons (Fsp3) is 0.867. The topological polar surface area (TPSA) is 42.7 Å². The fourth-order valence-corrected chi connectivity index (χ4v) is 3.59. The molecule has 1 aliphatic carbocycles. The molecule has 4 nitrogen and oxygen atoms in total. The molecule has 19 heavy (non-hydrogen) atoms. The zero-order valence-corrected chi connectivity index (χ0v) is 12.2. The highest BCUT2D eigenvalue weighted by atomic mass is 15.3. The summed E-state index contributed by atoms with van der Waals surface area (Å²) in [5.74, 6) is 3.95. The van der Waals surface area contributed by atoms with Crippen LogP contribution < -0.4 is 5.32 Å². The predicted octanol–water partition coefficient (Wildman–Crippen LogP) is 2.53. The van der Waals surface area contributed by atoms with Crippen molar-refractivity contribution in [1.29, 1.82) is 0 Å². The van der Waals surface area contributed by atoms with Gasteiger partial charge in [-0.05, 0) is 31.1 Å². The normalized spacial score (nSPS) is 31.2. The summed E-state index contributed by atoms with van der Waals surface area (Å²) in [5, 5.41) is 12.4. The van der Waals surface area contributed by atoms with Gasteiger partial charge in [0.15, 0.2) is 0 Å². The van der Waals surface area contributed by atoms with Gasteiger partial charge in [0.05, 0.1) is 6.54 Å². The van der Waals surface area contributed by atoms with Crippen LogP contribution in [0.2, 0.25) is 0 Å². The Balaban J connectivity index is 1.61. The number of nitrogens with zero attached hydrogens (tertiary/aromatic N) is 3. The van der Waals surface area contributed by atoms with Crippen molar-refractivity contribution in [3.8, 4) is 0 Å². The minimum atomic E-state index is 0.653. The van der Waals surface area contributed by atoms with Crippen LogP contribution in [0.3, 0.4) is 0 Å². The Labute approximate surface area is 116 Å². The molecule has 1 saturated carbocycles. The smallest absolute Gasteiger partial charge is 0.147 e. The third-order valence-electron chi connectivity index (χ3n) is 5.17. The van der Waals surface area contributed by atoms with E-state index in [1.807, 2.05) is 0 Å². The standard InChI is InChI=1S/C15H26N4/c1-11-6-5-7-13(12(11)2)16-10-15-18-17-14-8-3-4-9-19(14)15/h11-13,16H,3-10H2,1-2H3. The highest BCUT2D eigenvalue weighted by molar-refractivity contribution is 4.99. The maximum absolute atomic E-state index is 4.38. The molecule has 3 atom stereocenters. The largest absolute Gasteiger partial charge is 0.314 e. The van der Waals surface area contributed by atoms with Crippen LogP contribution in [0.1, 0.15) is 57.6 Å². The molecular weight excluding hydrogens is 236 g/mol. The van der Waals surface area contributed by atoms with Gasteiger partial charge in [-0.3, -0.25) is 0 Å². The molecule has 2 aliphatic rings. The van der Waals surface area contributed by atoms with Crippen molar-refractivity contribution in [3.63, 3.8) is 0 Å². The Morgan fingerprint density at radius 2 is 2.05 bits per heavy atom. The van der Waals surface area contributed by atoms with Gasteiger partial charge >= 0.3 is 0 Å². The van der Waals surface area contributed by atoms with Crippen LogP contribution in [0.5, 0.6) is 0 Å². The number of fused-ring (bicyclic) bond motifs is 1. The van der Waals surface area contributed by atoms with Gasteiger partial charge in [-0.2, -0.15) is 0 Å². The molecule has 106 valence electrons. The lowest BCUT2D eigenvalue weighted by Gasteiger charge is -2.34. The van der Waals surface area contributed by atoms with Crippen LogP contribution in [-0.4, -0.2) is 20.8 Å². The van der Waals surface area contributed by atoms with E-state index in [1.165, 1.54) is 37.9 Å². The quantitative estimate of drug-likeness (QED) is 0.910. The van der Waals surface area contributed by atoms with Gasteiger partial charge < -0.3 is 9.88 Å². The number of nitrogens with one attached hydrogen (secondary N) is 1. The molecule has 0 amide bonds. The Kier molecular flexibility index (Phi) is 3.87. The summed E-state index contributed by atoms with van der Waals surface area (Å²) in [6.07, 6.45) is 7.70. The molecule has 0 saturated heterocycles. The van der Waals surface area contributed by atoms with Crippen LogP contribution in [0.15, 0.2) is 0 Å². The molecule has 3 rings (SSSR count). The minimum absolute atomic E-state index is 0.653. The van der Waals surface area contributed by atoms with E-state index in [2.05, 4.69) is 33.9 Å². The molecule has 1 aromatic heterocycles. The summed E-state index contributed by atoms with van der Waals surface area (Å²) in [6, 6.07) is 0.653. The molecule has 0 aromatic carbocycles. The van der Waals surface area contributed by atoms with Crippen LogP contribution in [0.4, 0.5) is 0 Å². The zero-order chi connectivity index (χ0) is 13.2. The first-order valence-corrected chi connectivity index (χ1v) is 7.90. The molecule has 4 heteroatoms. The van der Waals surface area contributed by atoms with Crippen molar-refractivity contribution in [3.05, 3.63) is 11.6 Å². The Bertz CT molecular complexity index is 426. The zero-order valence-electron chi connectivity index (χ0n) is 12.2. The maximum atomic E-state index is 4.38. The molecule has 0 radical (unpaired) electrons. The number of hydrogen-bond donors (Lipinski definition) is 1. The predicted molar refractivity (Wildman–Crippen MR) is 75.8 cm³/mol. The molecule has 1 aromatic rings. The molecule has 0 bridgehead atoms. The molecule has 0 spiro atoms. The van der Waals surface area contributed by atoms with Crippen molar-refractivity contribution in [1.82, 2.24) is 20.1 Å². The van der Waals surface area contributed by atoms with E-state index in [9.17, 15) is 0 Å². The van der Waals surface area contributed by atoms with Crippen molar-refractivity contribution in [2.75, 3.05) is 0 Å². The highest BCUT2D eigenvalue weighted by Crippen LogP contribution is 2.29. The number of aromatic nitrogens is 3. The SMILES string of the molecule is CC1CCCC(NCc2nnc3n2CCCC3)C1C. The first-order valence-electron chi connectivity index (χ1n) is 7.90. The maximum Gasteiger partial charge on any atom is 0.147 e. The summed E-state index contributed by atoms with van der Waals surface area (Å²) in [7, 11) is 0. The third-order valence-corrected chi connectivity index (χ3v) is 5.17.